The van der Waals surface area contributed by atoms with Gasteiger partial charge in [0.1, 0.15) is 5.75 Å². The van der Waals surface area contributed by atoms with Crippen LogP contribution in [0, 0.1) is 0 Å². The molecule has 1 fully saturated rings. The molecule has 2 aromatic carbocycles. The maximum Gasteiger partial charge on any atom is 0.115 e. The van der Waals surface area contributed by atoms with E-state index in [1.54, 1.807) is 12.1 Å². The SMILES string of the molecule is Oc1ccc([C@H]2CC[C@H](NCC(O)Cc3ccccc3)CC2)cc1. The van der Waals surface area contributed by atoms with Gasteiger partial charge >= 0.3 is 0 Å². The van der Waals surface area contributed by atoms with Gasteiger partial charge in [-0.2, -0.15) is 0 Å². The molecule has 0 saturated heterocycles. The lowest BCUT2D eigenvalue weighted by molar-refractivity contribution is 0.162. The van der Waals surface area contributed by atoms with Crippen LogP contribution in [0.3, 0.4) is 0 Å². The quantitative estimate of drug-likeness (QED) is 0.760. The number of nitrogens with one attached hydrogen (secondary N) is 1. The predicted octanol–water partition coefficient (Wildman–Crippen LogP) is 3.61. The standard InChI is InChI=1S/C21H27NO2/c23-20-12-8-18(9-13-20)17-6-10-19(11-7-17)22-15-21(24)14-16-4-2-1-3-5-16/h1-5,8-9,12-13,17,19,21-24H,6-7,10-11,14-15H2/t17-,19-,21?. The van der Waals surface area contributed by atoms with Crippen molar-refractivity contribution >= 4 is 0 Å². The van der Waals surface area contributed by atoms with Crippen LogP contribution >= 0.6 is 0 Å². The molecule has 0 aromatic heterocycles. The predicted molar refractivity (Wildman–Crippen MR) is 97.3 cm³/mol. The van der Waals surface area contributed by atoms with Gasteiger partial charge in [-0.1, -0.05) is 42.5 Å². The molecule has 24 heavy (non-hydrogen) atoms. The fourth-order valence-corrected chi connectivity index (χ4v) is 3.64. The summed E-state index contributed by atoms with van der Waals surface area (Å²) in [6.07, 6.45) is 4.99. The van der Waals surface area contributed by atoms with Gasteiger partial charge in [0.05, 0.1) is 6.10 Å². The summed E-state index contributed by atoms with van der Waals surface area (Å²) in [7, 11) is 0. The highest BCUT2D eigenvalue weighted by molar-refractivity contribution is 5.28. The minimum atomic E-state index is -0.331. The van der Waals surface area contributed by atoms with Crippen LogP contribution < -0.4 is 5.32 Å². The third-order valence-electron chi connectivity index (χ3n) is 5.05. The fourth-order valence-electron chi connectivity index (χ4n) is 3.64. The first-order valence-electron chi connectivity index (χ1n) is 8.95. The summed E-state index contributed by atoms with van der Waals surface area (Å²) in [6, 6.07) is 18.3. The second-order valence-corrected chi connectivity index (χ2v) is 6.89. The average Bonchev–Trinajstić information content (AvgIpc) is 2.62. The maximum atomic E-state index is 10.2. The largest absolute Gasteiger partial charge is 0.508 e. The minimum absolute atomic E-state index is 0.331. The normalized spacial score (nSPS) is 22.2. The number of phenolic OH excluding ortho intramolecular Hbond substituents is 1. The van der Waals surface area contributed by atoms with Gasteiger partial charge in [-0.05, 0) is 61.3 Å². The molecule has 1 saturated carbocycles. The summed E-state index contributed by atoms with van der Waals surface area (Å²) in [5.74, 6) is 0.930. The summed E-state index contributed by atoms with van der Waals surface area (Å²) in [4.78, 5) is 0. The van der Waals surface area contributed by atoms with E-state index in [0.717, 1.165) is 25.7 Å². The van der Waals surface area contributed by atoms with Gasteiger partial charge < -0.3 is 15.5 Å². The van der Waals surface area contributed by atoms with Gasteiger partial charge in [0.25, 0.3) is 0 Å². The van der Waals surface area contributed by atoms with Gasteiger partial charge in [0.2, 0.25) is 0 Å². The molecule has 3 heteroatoms. The van der Waals surface area contributed by atoms with E-state index in [1.165, 1.54) is 11.1 Å². The molecule has 0 heterocycles. The third kappa shape index (κ3) is 4.83. The Bertz CT molecular complexity index is 603. The van der Waals surface area contributed by atoms with E-state index < -0.39 is 0 Å². The van der Waals surface area contributed by atoms with Crippen molar-refractivity contribution in [1.29, 1.82) is 0 Å². The molecular weight excluding hydrogens is 298 g/mol. The first kappa shape index (κ1) is 17.0. The Morgan fingerprint density at radius 2 is 1.58 bits per heavy atom. The van der Waals surface area contributed by atoms with Crippen LogP contribution in [-0.4, -0.2) is 28.9 Å². The van der Waals surface area contributed by atoms with Gasteiger partial charge in [-0.25, -0.2) is 0 Å². The van der Waals surface area contributed by atoms with Crippen molar-refractivity contribution in [3.63, 3.8) is 0 Å². The first-order valence-corrected chi connectivity index (χ1v) is 8.95. The highest BCUT2D eigenvalue weighted by Gasteiger charge is 2.22. The zero-order valence-corrected chi connectivity index (χ0v) is 14.1. The Hall–Kier alpha value is -1.84. The number of benzene rings is 2. The van der Waals surface area contributed by atoms with E-state index in [9.17, 15) is 10.2 Å². The van der Waals surface area contributed by atoms with Gasteiger partial charge in [0, 0.05) is 12.6 Å². The van der Waals surface area contributed by atoms with Crippen LogP contribution in [0.4, 0.5) is 0 Å². The molecule has 0 amide bonds. The lowest BCUT2D eigenvalue weighted by Crippen LogP contribution is -2.38. The lowest BCUT2D eigenvalue weighted by atomic mass is 9.81. The van der Waals surface area contributed by atoms with Crippen molar-refractivity contribution < 1.29 is 10.2 Å². The second-order valence-electron chi connectivity index (χ2n) is 6.89. The third-order valence-corrected chi connectivity index (χ3v) is 5.05. The van der Waals surface area contributed by atoms with E-state index in [2.05, 4.69) is 17.4 Å². The Balaban J connectivity index is 1.40. The molecule has 0 bridgehead atoms. The van der Waals surface area contributed by atoms with Crippen molar-refractivity contribution in [3.8, 4) is 5.75 Å². The number of phenols is 1. The number of aliphatic hydroxyl groups excluding tert-OH is 1. The van der Waals surface area contributed by atoms with Crippen LogP contribution in [0.15, 0.2) is 54.6 Å². The smallest absolute Gasteiger partial charge is 0.115 e. The topological polar surface area (TPSA) is 52.5 Å². The monoisotopic (exact) mass is 325 g/mol. The van der Waals surface area contributed by atoms with Crippen LogP contribution in [-0.2, 0) is 6.42 Å². The molecule has 3 nitrogen and oxygen atoms in total. The van der Waals surface area contributed by atoms with E-state index in [4.69, 9.17) is 0 Å². The van der Waals surface area contributed by atoms with Crippen LogP contribution in [0.2, 0.25) is 0 Å². The molecular formula is C21H27NO2. The fraction of sp³-hybridized carbons (Fsp3) is 0.429. The van der Waals surface area contributed by atoms with Gasteiger partial charge in [0.15, 0.2) is 0 Å². The summed E-state index contributed by atoms with van der Waals surface area (Å²) < 4.78 is 0. The molecule has 1 aliphatic carbocycles. The van der Waals surface area contributed by atoms with E-state index in [1.807, 2.05) is 30.3 Å². The second kappa shape index (κ2) is 8.32. The summed E-state index contributed by atoms with van der Waals surface area (Å²) >= 11 is 0. The van der Waals surface area contributed by atoms with E-state index >= 15 is 0 Å². The van der Waals surface area contributed by atoms with Crippen molar-refractivity contribution in [1.82, 2.24) is 5.32 Å². The zero-order chi connectivity index (χ0) is 16.8. The number of hydrogen-bond acceptors (Lipinski definition) is 3. The zero-order valence-electron chi connectivity index (χ0n) is 14.1. The van der Waals surface area contributed by atoms with Gasteiger partial charge in [-0.15, -0.1) is 0 Å². The van der Waals surface area contributed by atoms with Crippen LogP contribution in [0.1, 0.15) is 42.7 Å². The first-order chi connectivity index (χ1) is 11.7. The summed E-state index contributed by atoms with van der Waals surface area (Å²) in [6.45, 7) is 0.656. The maximum absolute atomic E-state index is 10.2. The van der Waals surface area contributed by atoms with Crippen LogP contribution in [0.25, 0.3) is 0 Å². The number of aliphatic hydroxyl groups is 1. The molecule has 3 rings (SSSR count). The molecule has 2 aromatic rings. The highest BCUT2D eigenvalue weighted by atomic mass is 16.3. The molecule has 0 aliphatic heterocycles. The molecule has 0 radical (unpaired) electrons. The number of rotatable bonds is 6. The minimum Gasteiger partial charge on any atom is -0.508 e. The number of aromatic hydroxyl groups is 1. The Morgan fingerprint density at radius 3 is 2.25 bits per heavy atom. The van der Waals surface area contributed by atoms with Gasteiger partial charge in [-0.3, -0.25) is 0 Å². The van der Waals surface area contributed by atoms with Crippen molar-refractivity contribution in [2.45, 2.75) is 50.2 Å². The molecule has 128 valence electrons. The number of hydrogen-bond donors (Lipinski definition) is 3. The molecule has 1 unspecified atom stereocenters. The Morgan fingerprint density at radius 1 is 0.917 bits per heavy atom. The summed E-state index contributed by atoms with van der Waals surface area (Å²) in [5.41, 5.74) is 2.51. The summed E-state index contributed by atoms with van der Waals surface area (Å²) in [5, 5.41) is 23.1. The Labute approximate surface area is 144 Å². The highest BCUT2D eigenvalue weighted by Crippen LogP contribution is 2.33. The molecule has 3 N–H and O–H groups in total. The van der Waals surface area contributed by atoms with Crippen LogP contribution in [0.5, 0.6) is 5.75 Å². The molecule has 0 spiro atoms. The average molecular weight is 325 g/mol. The molecule has 1 aliphatic rings. The Kier molecular flexibility index (Phi) is 5.89. The van der Waals surface area contributed by atoms with Crippen molar-refractivity contribution in [2.75, 3.05) is 6.54 Å². The lowest BCUT2D eigenvalue weighted by Gasteiger charge is -2.30. The molecule has 1 atom stereocenters. The van der Waals surface area contributed by atoms with E-state index in [-0.39, 0.29) is 6.10 Å². The van der Waals surface area contributed by atoms with Crippen molar-refractivity contribution in [3.05, 3.63) is 65.7 Å². The van der Waals surface area contributed by atoms with E-state index in [0.29, 0.717) is 30.7 Å². The van der Waals surface area contributed by atoms with Crippen molar-refractivity contribution in [2.24, 2.45) is 0 Å².